The Balaban J connectivity index is 1.80. The van der Waals surface area contributed by atoms with E-state index in [9.17, 15) is 8.78 Å². The number of hydrogen-bond donors (Lipinski definition) is 0. The zero-order chi connectivity index (χ0) is 19.0. The molecule has 142 valence electrons. The Labute approximate surface area is 154 Å². The molecule has 4 rings (SSSR count). The first kappa shape index (κ1) is 17.6. The molecule has 9 heteroatoms. The van der Waals surface area contributed by atoms with Crippen LogP contribution in [0.25, 0.3) is 16.9 Å². The molecule has 3 heterocycles. The molecule has 0 amide bonds. The molecule has 0 N–H and O–H groups in total. The summed E-state index contributed by atoms with van der Waals surface area (Å²) in [5, 5.41) is 4.56. The van der Waals surface area contributed by atoms with E-state index < -0.39 is 5.92 Å². The summed E-state index contributed by atoms with van der Waals surface area (Å²) in [7, 11) is 2.98. The number of ether oxygens (including phenoxy) is 2. The molecular formula is C18H19F2N5O2. The first-order valence-electron chi connectivity index (χ1n) is 8.68. The number of imidazole rings is 1. The van der Waals surface area contributed by atoms with Gasteiger partial charge in [-0.15, -0.1) is 0 Å². The van der Waals surface area contributed by atoms with Crippen molar-refractivity contribution in [2.75, 3.05) is 14.2 Å². The standard InChI is InChI=1S/C18H19F2N5O2/c1-26-16-13(10-22-17(23-16)27-2)14-9-12(15-21-7-8-25(15)24-14)11-3-5-18(19,20)6-4-11/h7-11H,3-6H2,1-2H3. The van der Waals surface area contributed by atoms with Crippen molar-refractivity contribution in [3.63, 3.8) is 0 Å². The van der Waals surface area contributed by atoms with Gasteiger partial charge in [0.2, 0.25) is 11.8 Å². The van der Waals surface area contributed by atoms with Gasteiger partial charge in [0, 0.05) is 37.0 Å². The second-order valence-electron chi connectivity index (χ2n) is 6.59. The molecule has 0 aromatic carbocycles. The van der Waals surface area contributed by atoms with Crippen LogP contribution in [0.15, 0.2) is 24.7 Å². The van der Waals surface area contributed by atoms with Gasteiger partial charge >= 0.3 is 6.01 Å². The predicted molar refractivity (Wildman–Crippen MR) is 93.3 cm³/mol. The molecule has 27 heavy (non-hydrogen) atoms. The number of nitrogens with zero attached hydrogens (tertiary/aromatic N) is 5. The minimum absolute atomic E-state index is 0.00133. The molecule has 0 unspecified atom stereocenters. The zero-order valence-corrected chi connectivity index (χ0v) is 15.0. The van der Waals surface area contributed by atoms with Crippen molar-refractivity contribution < 1.29 is 18.3 Å². The number of aromatic nitrogens is 5. The number of rotatable bonds is 4. The summed E-state index contributed by atoms with van der Waals surface area (Å²) < 4.78 is 39.2. The number of hydrogen-bond acceptors (Lipinski definition) is 6. The number of alkyl halides is 2. The lowest BCUT2D eigenvalue weighted by atomic mass is 9.82. The molecule has 7 nitrogen and oxygen atoms in total. The summed E-state index contributed by atoms with van der Waals surface area (Å²) in [6.07, 6.45) is 5.55. The van der Waals surface area contributed by atoms with Crippen molar-refractivity contribution in [2.24, 2.45) is 0 Å². The van der Waals surface area contributed by atoms with Crippen molar-refractivity contribution in [1.82, 2.24) is 24.6 Å². The average molecular weight is 375 g/mol. The monoisotopic (exact) mass is 375 g/mol. The Kier molecular flexibility index (Phi) is 4.37. The maximum atomic E-state index is 13.6. The SMILES string of the molecule is COc1ncc(-c2cc(C3CCC(F)(F)CC3)c3nccn3n2)c(OC)n1. The Bertz CT molecular complexity index is 966. The van der Waals surface area contributed by atoms with Crippen LogP contribution >= 0.6 is 0 Å². The highest BCUT2D eigenvalue weighted by Gasteiger charge is 2.36. The van der Waals surface area contributed by atoms with E-state index in [0.717, 1.165) is 5.56 Å². The van der Waals surface area contributed by atoms with Gasteiger partial charge in [0.05, 0.1) is 25.5 Å². The average Bonchev–Trinajstić information content (AvgIpc) is 3.15. The molecule has 0 spiro atoms. The highest BCUT2D eigenvalue weighted by molar-refractivity contribution is 5.67. The summed E-state index contributed by atoms with van der Waals surface area (Å²) in [4.78, 5) is 12.7. The summed E-state index contributed by atoms with van der Waals surface area (Å²) >= 11 is 0. The minimum Gasteiger partial charge on any atom is -0.480 e. The molecular weight excluding hydrogens is 356 g/mol. The molecule has 3 aromatic heterocycles. The van der Waals surface area contributed by atoms with Gasteiger partial charge in [-0.05, 0) is 24.8 Å². The van der Waals surface area contributed by atoms with Gasteiger partial charge in [-0.25, -0.2) is 23.3 Å². The first-order chi connectivity index (χ1) is 13.0. The van der Waals surface area contributed by atoms with Crippen molar-refractivity contribution in [2.45, 2.75) is 37.5 Å². The van der Waals surface area contributed by atoms with Gasteiger partial charge in [-0.1, -0.05) is 0 Å². The van der Waals surface area contributed by atoms with Crippen LogP contribution in [0.4, 0.5) is 8.78 Å². The summed E-state index contributed by atoms with van der Waals surface area (Å²) in [5.41, 5.74) is 2.77. The Morgan fingerprint density at radius 2 is 1.93 bits per heavy atom. The highest BCUT2D eigenvalue weighted by atomic mass is 19.3. The number of methoxy groups -OCH3 is 2. The molecule has 0 radical (unpaired) electrons. The fourth-order valence-corrected chi connectivity index (χ4v) is 3.50. The second kappa shape index (κ2) is 6.71. The summed E-state index contributed by atoms with van der Waals surface area (Å²) in [5.74, 6) is -2.25. The van der Waals surface area contributed by atoms with E-state index in [0.29, 0.717) is 35.6 Å². The molecule has 0 saturated heterocycles. The van der Waals surface area contributed by atoms with Crippen molar-refractivity contribution in [3.8, 4) is 23.1 Å². The molecule has 1 fully saturated rings. The van der Waals surface area contributed by atoms with E-state index in [1.165, 1.54) is 14.2 Å². The van der Waals surface area contributed by atoms with E-state index in [1.54, 1.807) is 23.1 Å². The lowest BCUT2D eigenvalue weighted by Gasteiger charge is -2.28. The highest BCUT2D eigenvalue weighted by Crippen LogP contribution is 2.42. The van der Waals surface area contributed by atoms with Crippen LogP contribution in [0.2, 0.25) is 0 Å². The second-order valence-corrected chi connectivity index (χ2v) is 6.59. The Morgan fingerprint density at radius 3 is 2.63 bits per heavy atom. The number of fused-ring (bicyclic) bond motifs is 1. The fourth-order valence-electron chi connectivity index (χ4n) is 3.50. The van der Waals surface area contributed by atoms with E-state index in [4.69, 9.17) is 9.47 Å². The van der Waals surface area contributed by atoms with Crippen LogP contribution in [-0.2, 0) is 0 Å². The Morgan fingerprint density at radius 1 is 1.15 bits per heavy atom. The lowest BCUT2D eigenvalue weighted by molar-refractivity contribution is -0.0381. The topological polar surface area (TPSA) is 74.4 Å². The van der Waals surface area contributed by atoms with Crippen LogP contribution in [0.5, 0.6) is 11.9 Å². The third-order valence-electron chi connectivity index (χ3n) is 4.93. The zero-order valence-electron chi connectivity index (χ0n) is 15.0. The first-order valence-corrected chi connectivity index (χ1v) is 8.68. The van der Waals surface area contributed by atoms with Gasteiger partial charge in [-0.3, -0.25) is 0 Å². The maximum absolute atomic E-state index is 13.6. The quantitative estimate of drug-likeness (QED) is 0.695. The summed E-state index contributed by atoms with van der Waals surface area (Å²) in [6.45, 7) is 0. The molecule has 0 bridgehead atoms. The van der Waals surface area contributed by atoms with Crippen molar-refractivity contribution in [3.05, 3.63) is 30.2 Å². The molecule has 1 aliphatic rings. The largest absolute Gasteiger partial charge is 0.480 e. The molecule has 0 aliphatic heterocycles. The minimum atomic E-state index is -2.58. The summed E-state index contributed by atoms with van der Waals surface area (Å²) in [6, 6.07) is 2.07. The molecule has 3 aromatic rings. The van der Waals surface area contributed by atoms with Gasteiger partial charge < -0.3 is 9.47 Å². The van der Waals surface area contributed by atoms with Crippen LogP contribution in [0, 0.1) is 0 Å². The van der Waals surface area contributed by atoms with E-state index in [1.807, 2.05) is 6.07 Å². The van der Waals surface area contributed by atoms with E-state index >= 15 is 0 Å². The fraction of sp³-hybridized carbons (Fsp3) is 0.444. The maximum Gasteiger partial charge on any atom is 0.319 e. The van der Waals surface area contributed by atoms with Crippen molar-refractivity contribution in [1.29, 1.82) is 0 Å². The molecule has 0 atom stereocenters. The predicted octanol–water partition coefficient (Wildman–Crippen LogP) is 3.50. The lowest BCUT2D eigenvalue weighted by Crippen LogP contribution is -2.24. The van der Waals surface area contributed by atoms with Gasteiger partial charge in [0.25, 0.3) is 0 Å². The Hall–Kier alpha value is -2.84. The van der Waals surface area contributed by atoms with Crippen LogP contribution in [-0.4, -0.2) is 44.7 Å². The van der Waals surface area contributed by atoms with E-state index in [-0.39, 0.29) is 24.8 Å². The van der Waals surface area contributed by atoms with Crippen molar-refractivity contribution >= 4 is 5.65 Å². The molecule has 1 saturated carbocycles. The van der Waals surface area contributed by atoms with Crippen LogP contribution in [0.3, 0.4) is 0 Å². The van der Waals surface area contributed by atoms with Gasteiger partial charge in [0.15, 0.2) is 5.65 Å². The smallest absolute Gasteiger partial charge is 0.319 e. The number of halogens is 2. The van der Waals surface area contributed by atoms with Crippen LogP contribution in [0.1, 0.15) is 37.2 Å². The third kappa shape index (κ3) is 3.29. The third-order valence-corrected chi connectivity index (χ3v) is 4.93. The van der Waals surface area contributed by atoms with Crippen LogP contribution < -0.4 is 9.47 Å². The van der Waals surface area contributed by atoms with Gasteiger partial charge in [0.1, 0.15) is 0 Å². The normalized spacial score (nSPS) is 17.2. The van der Waals surface area contributed by atoms with Gasteiger partial charge in [-0.2, -0.15) is 10.1 Å². The van der Waals surface area contributed by atoms with E-state index in [2.05, 4.69) is 20.1 Å². The molecule has 1 aliphatic carbocycles.